The number of nitrogens with one attached hydrogen (secondary N) is 1. The number of anilines is 2. The highest BCUT2D eigenvalue weighted by Crippen LogP contribution is 2.15. The molecule has 28 heavy (non-hydrogen) atoms. The fourth-order valence-corrected chi connectivity index (χ4v) is 2.69. The molecule has 150 valence electrons. The maximum absolute atomic E-state index is 12.4. The quantitative estimate of drug-likeness (QED) is 0.672. The van der Waals surface area contributed by atoms with Crippen LogP contribution in [0.1, 0.15) is 34.6 Å². The fraction of sp³-hybridized carbons (Fsp3) is 0.364. The van der Waals surface area contributed by atoms with Crippen molar-refractivity contribution >= 4 is 23.3 Å². The SMILES string of the molecule is CCN(CC)CCOC(=O)c1ccc(NC(=O)c2ccc(N(C)C)cc2)cc1. The summed E-state index contributed by atoms with van der Waals surface area (Å²) in [4.78, 5) is 28.6. The molecular weight excluding hydrogens is 354 g/mol. The zero-order valence-corrected chi connectivity index (χ0v) is 17.1. The first-order valence-corrected chi connectivity index (χ1v) is 9.52. The molecule has 0 aliphatic carbocycles. The van der Waals surface area contributed by atoms with E-state index in [9.17, 15) is 9.59 Å². The van der Waals surface area contributed by atoms with Crippen LogP contribution in [0.2, 0.25) is 0 Å². The van der Waals surface area contributed by atoms with E-state index in [1.807, 2.05) is 31.1 Å². The highest BCUT2D eigenvalue weighted by atomic mass is 16.5. The topological polar surface area (TPSA) is 61.9 Å². The Morgan fingerprint density at radius 1 is 0.893 bits per heavy atom. The Kier molecular flexibility index (Phi) is 8.02. The number of nitrogens with zero attached hydrogens (tertiary/aromatic N) is 2. The van der Waals surface area contributed by atoms with Crippen molar-refractivity contribution in [3.8, 4) is 0 Å². The van der Waals surface area contributed by atoms with E-state index in [0.29, 0.717) is 23.4 Å². The molecule has 0 radical (unpaired) electrons. The van der Waals surface area contributed by atoms with Gasteiger partial charge in [-0.1, -0.05) is 13.8 Å². The van der Waals surface area contributed by atoms with Crippen molar-refractivity contribution < 1.29 is 14.3 Å². The average Bonchev–Trinajstić information content (AvgIpc) is 2.71. The second kappa shape index (κ2) is 10.5. The van der Waals surface area contributed by atoms with E-state index >= 15 is 0 Å². The first kappa shape index (κ1) is 21.4. The number of likely N-dealkylation sites (N-methyl/N-ethyl adjacent to an activating group) is 1. The Morgan fingerprint density at radius 3 is 2.00 bits per heavy atom. The Hall–Kier alpha value is -2.86. The van der Waals surface area contributed by atoms with E-state index in [0.717, 1.165) is 25.3 Å². The molecule has 0 atom stereocenters. The minimum Gasteiger partial charge on any atom is -0.461 e. The number of benzene rings is 2. The monoisotopic (exact) mass is 383 g/mol. The summed E-state index contributed by atoms with van der Waals surface area (Å²) >= 11 is 0. The highest BCUT2D eigenvalue weighted by molar-refractivity contribution is 6.04. The molecule has 1 amide bonds. The third-order valence-corrected chi connectivity index (χ3v) is 4.56. The molecule has 0 unspecified atom stereocenters. The summed E-state index contributed by atoms with van der Waals surface area (Å²) in [7, 11) is 3.90. The molecule has 0 heterocycles. The van der Waals surface area contributed by atoms with Gasteiger partial charge in [0.2, 0.25) is 0 Å². The molecule has 2 rings (SSSR count). The zero-order chi connectivity index (χ0) is 20.5. The molecular formula is C22H29N3O3. The molecule has 0 aliphatic rings. The lowest BCUT2D eigenvalue weighted by molar-refractivity contribution is 0.0466. The Labute approximate surface area is 167 Å². The number of amides is 1. The standard InChI is InChI=1S/C22H29N3O3/c1-5-25(6-2)15-16-28-22(27)18-7-11-19(12-8-18)23-21(26)17-9-13-20(14-10-17)24(3)4/h7-14H,5-6,15-16H2,1-4H3,(H,23,26). The molecule has 0 aliphatic heterocycles. The summed E-state index contributed by atoms with van der Waals surface area (Å²) in [6.07, 6.45) is 0. The van der Waals surface area contributed by atoms with Gasteiger partial charge in [0.1, 0.15) is 6.61 Å². The van der Waals surface area contributed by atoms with Gasteiger partial charge in [-0.3, -0.25) is 4.79 Å². The number of hydrogen-bond acceptors (Lipinski definition) is 5. The lowest BCUT2D eigenvalue weighted by Crippen LogP contribution is -2.27. The van der Waals surface area contributed by atoms with Crippen molar-refractivity contribution in [1.29, 1.82) is 0 Å². The molecule has 0 bridgehead atoms. The zero-order valence-electron chi connectivity index (χ0n) is 17.1. The van der Waals surface area contributed by atoms with Gasteiger partial charge in [0, 0.05) is 37.6 Å². The van der Waals surface area contributed by atoms with E-state index in [4.69, 9.17) is 4.74 Å². The van der Waals surface area contributed by atoms with E-state index < -0.39 is 0 Å². The molecule has 0 aromatic heterocycles. The molecule has 0 spiro atoms. The summed E-state index contributed by atoms with van der Waals surface area (Å²) in [6.45, 7) is 7.10. The average molecular weight is 383 g/mol. The molecule has 6 heteroatoms. The van der Waals surface area contributed by atoms with Gasteiger partial charge in [-0.25, -0.2) is 4.79 Å². The normalized spacial score (nSPS) is 10.6. The number of carbonyl (C=O) groups is 2. The predicted molar refractivity (Wildman–Crippen MR) is 113 cm³/mol. The van der Waals surface area contributed by atoms with Crippen molar-refractivity contribution in [2.24, 2.45) is 0 Å². The van der Waals surface area contributed by atoms with Gasteiger partial charge < -0.3 is 19.9 Å². The smallest absolute Gasteiger partial charge is 0.338 e. The number of esters is 1. The van der Waals surface area contributed by atoms with Crippen molar-refractivity contribution in [2.45, 2.75) is 13.8 Å². The molecule has 0 saturated carbocycles. The summed E-state index contributed by atoms with van der Waals surface area (Å²) < 4.78 is 5.31. The molecule has 2 aromatic carbocycles. The lowest BCUT2D eigenvalue weighted by Gasteiger charge is -2.17. The van der Waals surface area contributed by atoms with E-state index in [1.165, 1.54) is 0 Å². The van der Waals surface area contributed by atoms with Gasteiger partial charge in [0.25, 0.3) is 5.91 Å². The number of rotatable bonds is 9. The third-order valence-electron chi connectivity index (χ3n) is 4.56. The first-order valence-electron chi connectivity index (χ1n) is 9.52. The van der Waals surface area contributed by atoms with Crippen LogP contribution in [0, 0.1) is 0 Å². The first-order chi connectivity index (χ1) is 13.4. The number of hydrogen-bond donors (Lipinski definition) is 1. The van der Waals surface area contributed by atoms with E-state index in [1.54, 1.807) is 36.4 Å². The van der Waals surface area contributed by atoms with Crippen LogP contribution in [-0.4, -0.2) is 57.1 Å². The van der Waals surface area contributed by atoms with Gasteiger partial charge >= 0.3 is 5.97 Å². The van der Waals surface area contributed by atoms with Gasteiger partial charge in [-0.15, -0.1) is 0 Å². The third kappa shape index (κ3) is 6.09. The second-order valence-corrected chi connectivity index (χ2v) is 6.64. The predicted octanol–water partition coefficient (Wildman–Crippen LogP) is 3.50. The van der Waals surface area contributed by atoms with Gasteiger partial charge in [-0.2, -0.15) is 0 Å². The Morgan fingerprint density at radius 2 is 1.46 bits per heavy atom. The summed E-state index contributed by atoms with van der Waals surface area (Å²) in [6, 6.07) is 14.1. The fourth-order valence-electron chi connectivity index (χ4n) is 2.69. The highest BCUT2D eigenvalue weighted by Gasteiger charge is 2.10. The number of ether oxygens (including phenoxy) is 1. The summed E-state index contributed by atoms with van der Waals surface area (Å²) in [5.41, 5.74) is 2.69. The van der Waals surface area contributed by atoms with Crippen LogP contribution >= 0.6 is 0 Å². The summed E-state index contributed by atoms with van der Waals surface area (Å²) in [5.74, 6) is -0.552. The van der Waals surface area contributed by atoms with Crippen LogP contribution in [-0.2, 0) is 4.74 Å². The minimum atomic E-state index is -0.357. The van der Waals surface area contributed by atoms with E-state index in [2.05, 4.69) is 24.1 Å². The molecule has 6 nitrogen and oxygen atoms in total. The second-order valence-electron chi connectivity index (χ2n) is 6.64. The summed E-state index contributed by atoms with van der Waals surface area (Å²) in [5, 5.41) is 2.84. The van der Waals surface area contributed by atoms with Crippen molar-refractivity contribution in [3.63, 3.8) is 0 Å². The maximum atomic E-state index is 12.4. The lowest BCUT2D eigenvalue weighted by atomic mass is 10.1. The van der Waals surface area contributed by atoms with Gasteiger partial charge in [-0.05, 0) is 61.6 Å². The largest absolute Gasteiger partial charge is 0.461 e. The van der Waals surface area contributed by atoms with Crippen molar-refractivity contribution in [2.75, 3.05) is 50.6 Å². The number of carbonyl (C=O) groups excluding carboxylic acids is 2. The maximum Gasteiger partial charge on any atom is 0.338 e. The van der Waals surface area contributed by atoms with Crippen LogP contribution < -0.4 is 10.2 Å². The van der Waals surface area contributed by atoms with Gasteiger partial charge in [0.15, 0.2) is 0 Å². The molecule has 1 N–H and O–H groups in total. The Balaban J connectivity index is 1.89. The van der Waals surface area contributed by atoms with Crippen LogP contribution in [0.5, 0.6) is 0 Å². The van der Waals surface area contributed by atoms with E-state index in [-0.39, 0.29) is 11.9 Å². The van der Waals surface area contributed by atoms with Crippen LogP contribution in [0.3, 0.4) is 0 Å². The Bertz CT molecular complexity index is 767. The van der Waals surface area contributed by atoms with Crippen LogP contribution in [0.25, 0.3) is 0 Å². The van der Waals surface area contributed by atoms with Crippen LogP contribution in [0.15, 0.2) is 48.5 Å². The molecule has 0 fully saturated rings. The van der Waals surface area contributed by atoms with Crippen molar-refractivity contribution in [1.82, 2.24) is 4.90 Å². The van der Waals surface area contributed by atoms with Gasteiger partial charge in [0.05, 0.1) is 5.56 Å². The molecule has 0 saturated heterocycles. The molecule has 2 aromatic rings. The van der Waals surface area contributed by atoms with Crippen molar-refractivity contribution in [3.05, 3.63) is 59.7 Å². The minimum absolute atomic E-state index is 0.195. The van der Waals surface area contributed by atoms with Crippen LogP contribution in [0.4, 0.5) is 11.4 Å².